The summed E-state index contributed by atoms with van der Waals surface area (Å²) in [5.41, 5.74) is 15.2. The average Bonchev–Trinajstić information content (AvgIpc) is 3.08. The standard InChI is InChI=1S/C42H62N6O7/c1-13-30(16-14-15-17-43)34-28(4)21-29(22-33(34)31-19-26(2)18-27(3)20-31)24-48(47-38(51)36(42(8,9)10)46-40(53)55-12)25-32(49)23-44-37(50)35(41(5,6)7)45-39(52)54-11/h13-22,32,35-36,49H,23-25,43H2,1-12H3,(H,44,50)(H,45,52)(H,46,53)(H,47,51)/b16-14-,17-15-,30-13-. The van der Waals surface area contributed by atoms with Crippen LogP contribution in [-0.4, -0.2) is 79.6 Å². The first-order valence-electron chi connectivity index (χ1n) is 18.3. The summed E-state index contributed by atoms with van der Waals surface area (Å²) in [5.74, 6) is -1.04. The molecular weight excluding hydrogens is 700 g/mol. The van der Waals surface area contributed by atoms with Gasteiger partial charge >= 0.3 is 12.2 Å². The maximum absolute atomic E-state index is 13.9. The van der Waals surface area contributed by atoms with Crippen molar-refractivity contribution in [3.8, 4) is 11.1 Å². The Morgan fingerprint density at radius 2 is 1.38 bits per heavy atom. The Hall–Kier alpha value is -5.14. The highest BCUT2D eigenvalue weighted by Crippen LogP contribution is 2.35. The van der Waals surface area contributed by atoms with Crippen LogP contribution in [0.3, 0.4) is 0 Å². The maximum atomic E-state index is 13.9. The number of hydrogen-bond donors (Lipinski definition) is 6. The van der Waals surface area contributed by atoms with Gasteiger partial charge < -0.3 is 36.3 Å². The van der Waals surface area contributed by atoms with E-state index in [0.717, 1.165) is 44.5 Å². The minimum Gasteiger partial charge on any atom is -0.453 e. The van der Waals surface area contributed by atoms with Crippen LogP contribution in [0.25, 0.3) is 16.7 Å². The summed E-state index contributed by atoms with van der Waals surface area (Å²) in [6.07, 6.45) is 6.47. The van der Waals surface area contributed by atoms with Crippen molar-refractivity contribution in [2.45, 2.75) is 94.0 Å². The Balaban J connectivity index is 2.63. The van der Waals surface area contributed by atoms with Gasteiger partial charge in [-0.3, -0.25) is 15.0 Å². The zero-order chi connectivity index (χ0) is 41.7. The number of aryl methyl sites for hydroxylation is 3. The van der Waals surface area contributed by atoms with Gasteiger partial charge in [-0.15, -0.1) is 0 Å². The second-order valence-electron chi connectivity index (χ2n) is 15.8. The molecule has 7 N–H and O–H groups in total. The lowest BCUT2D eigenvalue weighted by Gasteiger charge is -2.33. The Morgan fingerprint density at radius 1 is 0.836 bits per heavy atom. The number of amides is 4. The Morgan fingerprint density at radius 3 is 1.87 bits per heavy atom. The van der Waals surface area contributed by atoms with Gasteiger partial charge in [-0.25, -0.2) is 14.6 Å². The summed E-state index contributed by atoms with van der Waals surface area (Å²) in [7, 11) is 2.43. The molecule has 4 amide bonds. The molecule has 3 unspecified atom stereocenters. The fourth-order valence-electron chi connectivity index (χ4n) is 6.18. The number of nitrogens with two attached hydrogens (primary N) is 1. The maximum Gasteiger partial charge on any atom is 0.407 e. The molecule has 0 aromatic heterocycles. The van der Waals surface area contributed by atoms with Gasteiger partial charge in [0.25, 0.3) is 5.91 Å². The Bertz CT molecular complexity index is 1730. The van der Waals surface area contributed by atoms with Crippen molar-refractivity contribution in [2.75, 3.05) is 27.3 Å². The normalized spacial score (nSPS) is 14.0. The number of nitrogens with one attached hydrogen (secondary N) is 4. The molecule has 2 aromatic rings. The molecule has 0 aliphatic carbocycles. The van der Waals surface area contributed by atoms with Crippen molar-refractivity contribution in [2.24, 2.45) is 16.6 Å². The first kappa shape index (κ1) is 46.0. The predicted octanol–water partition coefficient (Wildman–Crippen LogP) is 5.56. The zero-order valence-electron chi connectivity index (χ0n) is 34.5. The molecular formula is C42H62N6O7. The van der Waals surface area contributed by atoms with Crippen LogP contribution in [-0.2, 0) is 25.6 Å². The zero-order valence-corrected chi connectivity index (χ0v) is 34.5. The van der Waals surface area contributed by atoms with Crippen LogP contribution in [0.4, 0.5) is 9.59 Å². The number of aliphatic hydroxyl groups excluding tert-OH is 1. The van der Waals surface area contributed by atoms with E-state index in [0.29, 0.717) is 0 Å². The Labute approximate surface area is 326 Å². The number of hydrazine groups is 1. The number of rotatable bonds is 15. The van der Waals surface area contributed by atoms with E-state index in [4.69, 9.17) is 15.2 Å². The van der Waals surface area contributed by atoms with Gasteiger partial charge in [-0.1, -0.05) is 95.2 Å². The number of alkyl carbamates (subject to hydrolysis) is 2. The molecule has 3 atom stereocenters. The van der Waals surface area contributed by atoms with E-state index >= 15 is 0 Å². The van der Waals surface area contributed by atoms with Crippen LogP contribution >= 0.6 is 0 Å². The van der Waals surface area contributed by atoms with E-state index in [1.807, 2.05) is 58.9 Å². The summed E-state index contributed by atoms with van der Waals surface area (Å²) >= 11 is 0. The summed E-state index contributed by atoms with van der Waals surface area (Å²) in [5, 5.41) is 20.8. The highest BCUT2D eigenvalue weighted by atomic mass is 16.5. The lowest BCUT2D eigenvalue weighted by Crippen LogP contribution is -2.58. The molecule has 13 heteroatoms. The number of aliphatic hydroxyl groups is 1. The quantitative estimate of drug-likeness (QED) is 0.0999. The van der Waals surface area contributed by atoms with Crippen LogP contribution in [0, 0.1) is 31.6 Å². The molecule has 55 heavy (non-hydrogen) atoms. The van der Waals surface area contributed by atoms with Gasteiger partial charge in [0.15, 0.2) is 0 Å². The van der Waals surface area contributed by atoms with Crippen molar-refractivity contribution in [3.63, 3.8) is 0 Å². The van der Waals surface area contributed by atoms with Gasteiger partial charge in [0.05, 0.1) is 20.3 Å². The molecule has 0 saturated heterocycles. The number of nitrogens with zero attached hydrogens (tertiary/aromatic N) is 1. The van der Waals surface area contributed by atoms with Crippen LogP contribution in [0.15, 0.2) is 60.8 Å². The lowest BCUT2D eigenvalue weighted by molar-refractivity contribution is -0.132. The molecule has 2 rings (SSSR count). The largest absolute Gasteiger partial charge is 0.453 e. The smallest absolute Gasteiger partial charge is 0.407 e. The Kier molecular flexibility index (Phi) is 17.2. The molecule has 0 heterocycles. The molecule has 13 nitrogen and oxygen atoms in total. The third-order valence-corrected chi connectivity index (χ3v) is 8.76. The van der Waals surface area contributed by atoms with Gasteiger partial charge in [0, 0.05) is 19.6 Å². The van der Waals surface area contributed by atoms with E-state index in [-0.39, 0.29) is 19.6 Å². The molecule has 0 bridgehead atoms. The van der Waals surface area contributed by atoms with Crippen molar-refractivity contribution in [3.05, 3.63) is 88.7 Å². The third kappa shape index (κ3) is 14.2. The first-order chi connectivity index (χ1) is 25.6. The van der Waals surface area contributed by atoms with Crippen molar-refractivity contribution < 1.29 is 33.8 Å². The van der Waals surface area contributed by atoms with Gasteiger partial charge in [0.2, 0.25) is 5.91 Å². The number of methoxy groups -OCH3 is 2. The van der Waals surface area contributed by atoms with Crippen LogP contribution in [0.2, 0.25) is 0 Å². The van der Waals surface area contributed by atoms with Crippen LogP contribution in [0.1, 0.15) is 76.3 Å². The van der Waals surface area contributed by atoms with Gasteiger partial charge in [-0.2, -0.15) is 0 Å². The van der Waals surface area contributed by atoms with Crippen LogP contribution < -0.4 is 27.1 Å². The second kappa shape index (κ2) is 20.5. The fraction of sp³-hybridized carbons (Fsp3) is 0.476. The summed E-state index contributed by atoms with van der Waals surface area (Å²) in [6.45, 7) is 18.8. The summed E-state index contributed by atoms with van der Waals surface area (Å²) in [4.78, 5) is 51.4. The molecule has 0 aliphatic rings. The SMILES string of the molecule is C/C=C(/C=C\C=C/N)c1c(C)cc(CN(CC(O)CNC(=O)C(NC(=O)OC)C(C)(C)C)NC(=O)C(NC(=O)OC)C(C)(C)C)cc1-c1cc(C)cc(C)c1. The molecule has 0 fully saturated rings. The van der Waals surface area contributed by atoms with E-state index in [1.54, 1.807) is 31.9 Å². The number of ether oxygens (including phenoxy) is 2. The predicted molar refractivity (Wildman–Crippen MR) is 217 cm³/mol. The van der Waals surface area contributed by atoms with Crippen molar-refractivity contribution in [1.29, 1.82) is 0 Å². The second-order valence-corrected chi connectivity index (χ2v) is 15.8. The highest BCUT2D eigenvalue weighted by Gasteiger charge is 2.35. The number of carbonyl (C=O) groups is 4. The summed E-state index contributed by atoms with van der Waals surface area (Å²) in [6, 6.07) is 8.52. The number of carbonyl (C=O) groups excluding carboxylic acids is 4. The van der Waals surface area contributed by atoms with Crippen molar-refractivity contribution >= 4 is 29.6 Å². The van der Waals surface area contributed by atoms with E-state index in [9.17, 15) is 24.3 Å². The van der Waals surface area contributed by atoms with E-state index in [2.05, 4.69) is 59.5 Å². The topological polar surface area (TPSA) is 184 Å². The third-order valence-electron chi connectivity index (χ3n) is 8.76. The first-order valence-corrected chi connectivity index (χ1v) is 18.3. The van der Waals surface area contributed by atoms with E-state index in [1.165, 1.54) is 20.4 Å². The fourth-order valence-corrected chi connectivity index (χ4v) is 6.18. The minimum atomic E-state index is -1.17. The molecule has 0 spiro atoms. The van der Waals surface area contributed by atoms with Gasteiger partial charge in [-0.05, 0) is 90.3 Å². The number of benzene rings is 2. The number of allylic oxidation sites excluding steroid dienone is 5. The number of hydrogen-bond acceptors (Lipinski definition) is 9. The lowest BCUT2D eigenvalue weighted by atomic mass is 9.86. The highest BCUT2D eigenvalue weighted by molar-refractivity contribution is 5.89. The van der Waals surface area contributed by atoms with Crippen LogP contribution in [0.5, 0.6) is 0 Å². The van der Waals surface area contributed by atoms with Gasteiger partial charge in [0.1, 0.15) is 12.1 Å². The van der Waals surface area contributed by atoms with E-state index < -0.39 is 53.0 Å². The molecule has 302 valence electrons. The minimum absolute atomic E-state index is 0.111. The molecule has 0 saturated carbocycles. The van der Waals surface area contributed by atoms with Crippen molar-refractivity contribution in [1.82, 2.24) is 26.4 Å². The monoisotopic (exact) mass is 762 g/mol. The average molecular weight is 763 g/mol. The molecule has 0 radical (unpaired) electrons. The summed E-state index contributed by atoms with van der Waals surface area (Å²) < 4.78 is 9.50. The molecule has 2 aromatic carbocycles. The molecule has 0 aliphatic heterocycles.